The van der Waals surface area contributed by atoms with Crippen LogP contribution in [0.5, 0.6) is 0 Å². The summed E-state index contributed by atoms with van der Waals surface area (Å²) in [5.74, 6) is -0.693. The first-order chi connectivity index (χ1) is 8.19. The van der Waals surface area contributed by atoms with Crippen molar-refractivity contribution in [3.05, 3.63) is 35.4 Å². The van der Waals surface area contributed by atoms with E-state index in [9.17, 15) is 8.78 Å². The molecule has 1 aromatic carbocycles. The second-order valence-corrected chi connectivity index (χ2v) is 4.53. The summed E-state index contributed by atoms with van der Waals surface area (Å²) in [5, 5.41) is 3.40. The summed E-state index contributed by atoms with van der Waals surface area (Å²) in [6, 6.07) is 4.11. The van der Waals surface area contributed by atoms with E-state index in [1.165, 1.54) is 12.1 Å². The molecule has 0 saturated carbocycles. The first-order valence-electron chi connectivity index (χ1n) is 6.08. The number of piperazine rings is 1. The zero-order chi connectivity index (χ0) is 12.3. The molecule has 0 bridgehead atoms. The first-order valence-corrected chi connectivity index (χ1v) is 6.08. The molecule has 2 rings (SSSR count). The van der Waals surface area contributed by atoms with Crippen molar-refractivity contribution in [1.29, 1.82) is 0 Å². The highest BCUT2D eigenvalue weighted by atomic mass is 19.1. The minimum atomic E-state index is -0.372. The Kier molecular flexibility index (Phi) is 4.07. The standard InChI is InChI=1S/C13H18F2N2/c1-2-12-9-17(6-5-16-12)8-10-7-11(14)3-4-13(10)15/h3-4,7,12,16H,2,5-6,8-9H2,1H3. The zero-order valence-corrected chi connectivity index (χ0v) is 10.0. The van der Waals surface area contributed by atoms with E-state index in [0.717, 1.165) is 32.1 Å². The second-order valence-electron chi connectivity index (χ2n) is 4.53. The van der Waals surface area contributed by atoms with Gasteiger partial charge in [0.2, 0.25) is 0 Å². The number of benzene rings is 1. The maximum atomic E-state index is 13.5. The van der Waals surface area contributed by atoms with E-state index in [1.807, 2.05) is 0 Å². The van der Waals surface area contributed by atoms with E-state index in [1.54, 1.807) is 0 Å². The lowest BCUT2D eigenvalue weighted by atomic mass is 10.1. The van der Waals surface area contributed by atoms with Crippen LogP contribution in [0.4, 0.5) is 8.78 Å². The average Bonchev–Trinajstić information content (AvgIpc) is 2.34. The fraction of sp³-hybridized carbons (Fsp3) is 0.538. The van der Waals surface area contributed by atoms with E-state index in [4.69, 9.17) is 0 Å². The van der Waals surface area contributed by atoms with E-state index in [-0.39, 0.29) is 11.6 Å². The first kappa shape index (κ1) is 12.5. The van der Waals surface area contributed by atoms with Crippen LogP contribution in [0.2, 0.25) is 0 Å². The Morgan fingerprint density at radius 2 is 2.24 bits per heavy atom. The Labute approximate surface area is 101 Å². The van der Waals surface area contributed by atoms with Gasteiger partial charge in [0.15, 0.2) is 0 Å². The fourth-order valence-corrected chi connectivity index (χ4v) is 2.22. The van der Waals surface area contributed by atoms with Gasteiger partial charge in [-0.1, -0.05) is 6.92 Å². The van der Waals surface area contributed by atoms with Gasteiger partial charge in [-0.3, -0.25) is 4.90 Å². The van der Waals surface area contributed by atoms with Crippen LogP contribution < -0.4 is 5.32 Å². The molecule has 94 valence electrons. The minimum absolute atomic E-state index is 0.321. The highest BCUT2D eigenvalue weighted by Gasteiger charge is 2.18. The molecule has 1 N–H and O–H groups in total. The number of rotatable bonds is 3. The van der Waals surface area contributed by atoms with Crippen molar-refractivity contribution in [2.45, 2.75) is 25.9 Å². The molecule has 1 fully saturated rings. The Hall–Kier alpha value is -1.00. The van der Waals surface area contributed by atoms with Crippen molar-refractivity contribution < 1.29 is 8.78 Å². The smallest absolute Gasteiger partial charge is 0.127 e. The van der Waals surface area contributed by atoms with Gasteiger partial charge in [-0.2, -0.15) is 0 Å². The minimum Gasteiger partial charge on any atom is -0.311 e. The number of halogens is 2. The molecule has 0 spiro atoms. The van der Waals surface area contributed by atoms with Gasteiger partial charge in [0.25, 0.3) is 0 Å². The molecule has 1 saturated heterocycles. The molecule has 1 atom stereocenters. The van der Waals surface area contributed by atoms with Crippen molar-refractivity contribution in [3.8, 4) is 0 Å². The van der Waals surface area contributed by atoms with Crippen molar-refractivity contribution >= 4 is 0 Å². The Morgan fingerprint density at radius 1 is 1.41 bits per heavy atom. The molecular formula is C13H18F2N2. The molecule has 0 aliphatic carbocycles. The summed E-state index contributed by atoms with van der Waals surface area (Å²) >= 11 is 0. The third-order valence-electron chi connectivity index (χ3n) is 3.23. The fourth-order valence-electron chi connectivity index (χ4n) is 2.22. The zero-order valence-electron chi connectivity index (χ0n) is 10.0. The Bertz CT molecular complexity index is 382. The molecule has 17 heavy (non-hydrogen) atoms. The molecule has 0 radical (unpaired) electrons. The summed E-state index contributed by atoms with van der Waals surface area (Å²) in [5.41, 5.74) is 0.446. The van der Waals surface area contributed by atoms with Crippen LogP contribution >= 0.6 is 0 Å². The largest absolute Gasteiger partial charge is 0.311 e. The highest BCUT2D eigenvalue weighted by molar-refractivity contribution is 5.18. The number of nitrogens with one attached hydrogen (secondary N) is 1. The van der Waals surface area contributed by atoms with Crippen LogP contribution in [0.25, 0.3) is 0 Å². The van der Waals surface area contributed by atoms with E-state index >= 15 is 0 Å². The topological polar surface area (TPSA) is 15.3 Å². The second kappa shape index (κ2) is 5.56. The summed E-state index contributed by atoms with van der Waals surface area (Å²) in [6.45, 7) is 5.31. The van der Waals surface area contributed by atoms with Gasteiger partial charge in [-0.15, -0.1) is 0 Å². The summed E-state index contributed by atoms with van der Waals surface area (Å²) in [7, 11) is 0. The number of hydrogen-bond acceptors (Lipinski definition) is 2. The predicted octanol–water partition coefficient (Wildman–Crippen LogP) is 2.15. The molecule has 0 amide bonds. The SMILES string of the molecule is CCC1CN(Cc2cc(F)ccc2F)CCN1. The van der Waals surface area contributed by atoms with Crippen molar-refractivity contribution in [2.75, 3.05) is 19.6 Å². The van der Waals surface area contributed by atoms with Crippen molar-refractivity contribution in [1.82, 2.24) is 10.2 Å². The van der Waals surface area contributed by atoms with E-state index in [0.29, 0.717) is 18.2 Å². The van der Waals surface area contributed by atoms with Crippen LogP contribution in [0, 0.1) is 11.6 Å². The van der Waals surface area contributed by atoms with Gasteiger partial charge >= 0.3 is 0 Å². The van der Waals surface area contributed by atoms with Gasteiger partial charge in [-0.25, -0.2) is 8.78 Å². The molecule has 4 heteroatoms. The van der Waals surface area contributed by atoms with E-state index < -0.39 is 0 Å². The lowest BCUT2D eigenvalue weighted by Crippen LogP contribution is -2.49. The van der Waals surface area contributed by atoms with Gasteiger partial charge in [0.1, 0.15) is 11.6 Å². The van der Waals surface area contributed by atoms with Crippen LogP contribution in [0.3, 0.4) is 0 Å². The van der Waals surface area contributed by atoms with Gasteiger partial charge < -0.3 is 5.32 Å². The third kappa shape index (κ3) is 3.23. The number of nitrogens with zero attached hydrogens (tertiary/aromatic N) is 1. The van der Waals surface area contributed by atoms with Gasteiger partial charge in [-0.05, 0) is 24.6 Å². The lowest BCUT2D eigenvalue weighted by molar-refractivity contribution is 0.188. The van der Waals surface area contributed by atoms with E-state index in [2.05, 4.69) is 17.1 Å². The lowest BCUT2D eigenvalue weighted by Gasteiger charge is -2.33. The normalized spacial score (nSPS) is 21.7. The van der Waals surface area contributed by atoms with Crippen LogP contribution in [0.1, 0.15) is 18.9 Å². The Morgan fingerprint density at radius 3 is 3.00 bits per heavy atom. The van der Waals surface area contributed by atoms with Gasteiger partial charge in [0.05, 0.1) is 0 Å². The third-order valence-corrected chi connectivity index (χ3v) is 3.23. The molecule has 2 nitrogen and oxygen atoms in total. The Balaban J connectivity index is 2.02. The molecular weight excluding hydrogens is 222 g/mol. The molecule has 1 unspecified atom stereocenters. The van der Waals surface area contributed by atoms with Crippen LogP contribution in [0.15, 0.2) is 18.2 Å². The maximum Gasteiger partial charge on any atom is 0.127 e. The maximum absolute atomic E-state index is 13.5. The number of hydrogen-bond donors (Lipinski definition) is 1. The molecule has 1 heterocycles. The van der Waals surface area contributed by atoms with Crippen LogP contribution in [-0.2, 0) is 6.54 Å². The van der Waals surface area contributed by atoms with Crippen molar-refractivity contribution in [2.24, 2.45) is 0 Å². The molecule has 1 aliphatic rings. The van der Waals surface area contributed by atoms with Crippen LogP contribution in [-0.4, -0.2) is 30.6 Å². The molecule has 0 aromatic heterocycles. The monoisotopic (exact) mass is 240 g/mol. The highest BCUT2D eigenvalue weighted by Crippen LogP contribution is 2.14. The summed E-state index contributed by atoms with van der Waals surface area (Å²) < 4.78 is 26.5. The molecule has 1 aliphatic heterocycles. The van der Waals surface area contributed by atoms with Crippen molar-refractivity contribution in [3.63, 3.8) is 0 Å². The predicted molar refractivity (Wildman–Crippen MR) is 63.7 cm³/mol. The quantitative estimate of drug-likeness (QED) is 0.871. The average molecular weight is 240 g/mol. The summed E-state index contributed by atoms with van der Waals surface area (Å²) in [4.78, 5) is 2.17. The molecule has 1 aromatic rings. The van der Waals surface area contributed by atoms with Gasteiger partial charge in [0, 0.05) is 37.8 Å². The summed E-state index contributed by atoms with van der Waals surface area (Å²) in [6.07, 6.45) is 1.06.